The van der Waals surface area contributed by atoms with Crippen LogP contribution in [0.3, 0.4) is 0 Å². The second-order valence-electron chi connectivity index (χ2n) is 3.08. The van der Waals surface area contributed by atoms with Crippen LogP contribution >= 0.6 is 11.8 Å². The minimum atomic E-state index is -0.413. The first-order valence-corrected chi connectivity index (χ1v) is 6.08. The number of aromatic nitrogens is 1. The third kappa shape index (κ3) is 2.04. The lowest BCUT2D eigenvalue weighted by Crippen LogP contribution is -2.05. The summed E-state index contributed by atoms with van der Waals surface area (Å²) in [6.07, 6.45) is 1.97. The molecular formula is C11H11NO3S. The highest BCUT2D eigenvalue weighted by Gasteiger charge is 2.07. The molecule has 16 heavy (non-hydrogen) atoms. The second kappa shape index (κ2) is 4.57. The number of rotatable bonds is 3. The molecule has 0 unspecified atom stereocenters. The van der Waals surface area contributed by atoms with Crippen molar-refractivity contribution >= 4 is 22.7 Å². The summed E-state index contributed by atoms with van der Waals surface area (Å²) in [7, 11) is 0. The van der Waals surface area contributed by atoms with Crippen molar-refractivity contribution in [1.82, 2.24) is 4.98 Å². The van der Waals surface area contributed by atoms with E-state index in [-0.39, 0.29) is 6.08 Å². The zero-order chi connectivity index (χ0) is 11.5. The van der Waals surface area contributed by atoms with Crippen LogP contribution in [-0.4, -0.2) is 17.8 Å². The number of fused-ring (bicyclic) bond motifs is 1. The topological polar surface area (TPSA) is 52.3 Å². The summed E-state index contributed by atoms with van der Waals surface area (Å²) >= 11 is 1.57. The zero-order valence-corrected chi connectivity index (χ0v) is 9.84. The van der Waals surface area contributed by atoms with Gasteiger partial charge in [0.1, 0.15) is 0 Å². The Bertz CT molecular complexity index is 565. The lowest BCUT2D eigenvalue weighted by Gasteiger charge is -2.02. The standard InChI is InChI=1S/C11H11NO3S/c1-3-14-11-12-9-5-4-7(16-2)6-8(9)10(13)15-11/h4-6H,3H2,1-2H3. The molecule has 0 N–H and O–H groups in total. The molecule has 4 nitrogen and oxygen atoms in total. The lowest BCUT2D eigenvalue weighted by atomic mass is 10.2. The quantitative estimate of drug-likeness (QED) is 0.767. The molecule has 0 saturated heterocycles. The van der Waals surface area contributed by atoms with E-state index in [1.54, 1.807) is 23.9 Å². The smallest absolute Gasteiger partial charge is 0.397 e. The normalized spacial score (nSPS) is 10.6. The van der Waals surface area contributed by atoms with Crippen LogP contribution < -0.4 is 10.4 Å². The summed E-state index contributed by atoms with van der Waals surface area (Å²) in [6.45, 7) is 2.23. The number of ether oxygens (including phenoxy) is 1. The van der Waals surface area contributed by atoms with Crippen molar-refractivity contribution in [2.45, 2.75) is 11.8 Å². The molecule has 0 fully saturated rings. The third-order valence-electron chi connectivity index (χ3n) is 2.08. The fourth-order valence-corrected chi connectivity index (χ4v) is 1.78. The van der Waals surface area contributed by atoms with Crippen molar-refractivity contribution in [2.24, 2.45) is 0 Å². The Balaban J connectivity index is 2.62. The Morgan fingerprint density at radius 1 is 1.50 bits per heavy atom. The van der Waals surface area contributed by atoms with Gasteiger partial charge in [0, 0.05) is 4.90 Å². The third-order valence-corrected chi connectivity index (χ3v) is 2.81. The Morgan fingerprint density at radius 2 is 2.31 bits per heavy atom. The molecule has 0 spiro atoms. The van der Waals surface area contributed by atoms with Crippen molar-refractivity contribution in [3.63, 3.8) is 0 Å². The van der Waals surface area contributed by atoms with Gasteiger partial charge in [0.15, 0.2) is 0 Å². The first-order chi connectivity index (χ1) is 7.74. The summed E-state index contributed by atoms with van der Waals surface area (Å²) in [5.74, 6) is 0. The van der Waals surface area contributed by atoms with Crippen LogP contribution in [0.2, 0.25) is 0 Å². The predicted molar refractivity (Wildman–Crippen MR) is 63.2 cm³/mol. The Kier molecular flexibility index (Phi) is 3.14. The van der Waals surface area contributed by atoms with Gasteiger partial charge in [0.05, 0.1) is 17.5 Å². The maximum absolute atomic E-state index is 11.6. The molecule has 0 atom stereocenters. The largest absolute Gasteiger partial charge is 0.450 e. The Hall–Kier alpha value is -1.49. The molecule has 1 aromatic heterocycles. The minimum absolute atomic E-state index is 0.0249. The van der Waals surface area contributed by atoms with Crippen molar-refractivity contribution in [1.29, 1.82) is 0 Å². The molecule has 0 radical (unpaired) electrons. The van der Waals surface area contributed by atoms with E-state index in [0.29, 0.717) is 17.5 Å². The van der Waals surface area contributed by atoms with E-state index in [1.807, 2.05) is 19.2 Å². The second-order valence-corrected chi connectivity index (χ2v) is 3.96. The van der Waals surface area contributed by atoms with E-state index >= 15 is 0 Å². The van der Waals surface area contributed by atoms with Crippen LogP contribution in [0.1, 0.15) is 6.92 Å². The van der Waals surface area contributed by atoms with Gasteiger partial charge in [-0.2, -0.15) is 4.98 Å². The Morgan fingerprint density at radius 3 is 3.00 bits per heavy atom. The summed E-state index contributed by atoms with van der Waals surface area (Å²) in [4.78, 5) is 16.8. The maximum atomic E-state index is 11.6. The summed E-state index contributed by atoms with van der Waals surface area (Å²) in [5.41, 5.74) is 0.182. The van der Waals surface area contributed by atoms with E-state index in [4.69, 9.17) is 9.15 Å². The summed E-state index contributed by atoms with van der Waals surface area (Å²) in [5, 5.41) is 0.482. The van der Waals surface area contributed by atoms with Crippen LogP contribution in [0, 0.1) is 0 Å². The summed E-state index contributed by atoms with van der Waals surface area (Å²) in [6, 6.07) is 5.48. The minimum Gasteiger partial charge on any atom is -0.450 e. The molecule has 84 valence electrons. The SMILES string of the molecule is CCOc1nc2ccc(SC)cc2c(=O)o1. The average molecular weight is 237 g/mol. The molecule has 1 heterocycles. The number of thioether (sulfide) groups is 1. The van der Waals surface area contributed by atoms with E-state index in [1.165, 1.54) is 0 Å². The molecule has 0 aliphatic heterocycles. The predicted octanol–water partition coefficient (Wildman–Crippen LogP) is 2.31. The van der Waals surface area contributed by atoms with Gasteiger partial charge in [0.2, 0.25) is 0 Å². The molecule has 1 aromatic carbocycles. The van der Waals surface area contributed by atoms with E-state index < -0.39 is 5.63 Å². The summed E-state index contributed by atoms with van der Waals surface area (Å²) < 4.78 is 10.0. The highest BCUT2D eigenvalue weighted by atomic mass is 32.2. The Labute approximate surface area is 96.6 Å². The molecule has 0 amide bonds. The first kappa shape index (κ1) is 11.0. The lowest BCUT2D eigenvalue weighted by molar-refractivity contribution is 0.229. The van der Waals surface area contributed by atoms with Crippen LogP contribution in [0.25, 0.3) is 10.9 Å². The highest BCUT2D eigenvalue weighted by molar-refractivity contribution is 7.98. The van der Waals surface area contributed by atoms with Gasteiger partial charge in [-0.15, -0.1) is 11.8 Å². The fourth-order valence-electron chi connectivity index (χ4n) is 1.34. The first-order valence-electron chi connectivity index (χ1n) is 4.86. The number of nitrogens with zero attached hydrogens (tertiary/aromatic N) is 1. The van der Waals surface area contributed by atoms with Gasteiger partial charge in [-0.1, -0.05) is 0 Å². The highest BCUT2D eigenvalue weighted by Crippen LogP contribution is 2.20. The molecule has 0 aliphatic rings. The number of benzene rings is 1. The molecular weight excluding hydrogens is 226 g/mol. The van der Waals surface area contributed by atoms with Crippen LogP contribution in [0.4, 0.5) is 0 Å². The van der Waals surface area contributed by atoms with Gasteiger partial charge in [0.25, 0.3) is 0 Å². The van der Waals surface area contributed by atoms with Gasteiger partial charge in [-0.3, -0.25) is 0 Å². The molecule has 2 aromatic rings. The molecule has 0 aliphatic carbocycles. The van der Waals surface area contributed by atoms with Crippen molar-refractivity contribution < 1.29 is 9.15 Å². The molecule has 0 bridgehead atoms. The van der Waals surface area contributed by atoms with Gasteiger partial charge in [-0.25, -0.2) is 4.79 Å². The van der Waals surface area contributed by atoms with Gasteiger partial charge in [-0.05, 0) is 31.4 Å². The van der Waals surface area contributed by atoms with E-state index in [2.05, 4.69) is 4.98 Å². The number of hydrogen-bond donors (Lipinski definition) is 0. The number of hydrogen-bond acceptors (Lipinski definition) is 5. The maximum Gasteiger partial charge on any atom is 0.397 e. The van der Waals surface area contributed by atoms with Crippen molar-refractivity contribution in [2.75, 3.05) is 12.9 Å². The monoisotopic (exact) mass is 237 g/mol. The fraction of sp³-hybridized carbons (Fsp3) is 0.273. The van der Waals surface area contributed by atoms with Gasteiger partial charge < -0.3 is 9.15 Å². The molecule has 5 heteroatoms. The van der Waals surface area contributed by atoms with Crippen molar-refractivity contribution in [3.05, 3.63) is 28.6 Å². The molecule has 2 rings (SSSR count). The van der Waals surface area contributed by atoms with Crippen molar-refractivity contribution in [3.8, 4) is 6.08 Å². The van der Waals surface area contributed by atoms with Crippen LogP contribution in [0.5, 0.6) is 6.08 Å². The average Bonchev–Trinajstić information content (AvgIpc) is 2.29. The molecule has 0 saturated carbocycles. The van der Waals surface area contributed by atoms with Gasteiger partial charge >= 0.3 is 11.7 Å². The van der Waals surface area contributed by atoms with E-state index in [9.17, 15) is 4.79 Å². The van der Waals surface area contributed by atoms with Crippen LogP contribution in [-0.2, 0) is 0 Å². The van der Waals surface area contributed by atoms with Crippen LogP contribution in [0.15, 0.2) is 32.3 Å². The zero-order valence-electron chi connectivity index (χ0n) is 9.02. The van der Waals surface area contributed by atoms with E-state index in [0.717, 1.165) is 4.90 Å².